The third kappa shape index (κ3) is 4.77. The van der Waals surface area contributed by atoms with Crippen LogP contribution in [-0.4, -0.2) is 17.0 Å². The molecule has 0 atom stereocenters. The Morgan fingerprint density at radius 3 is 2.07 bits per heavy atom. The Labute approximate surface area is 183 Å². The summed E-state index contributed by atoms with van der Waals surface area (Å²) in [4.78, 5) is 11.4. The highest BCUT2D eigenvalue weighted by Gasteiger charge is 2.48. The zero-order valence-corrected chi connectivity index (χ0v) is 19.2. The van der Waals surface area contributed by atoms with E-state index in [0.717, 1.165) is 11.5 Å². The maximum atomic E-state index is 11.4. The maximum absolute atomic E-state index is 11.4. The molecule has 2 aromatic rings. The van der Waals surface area contributed by atoms with Crippen molar-refractivity contribution in [3.05, 3.63) is 69.7 Å². The Hall–Kier alpha value is -1.61. The van der Waals surface area contributed by atoms with Gasteiger partial charge in [-0.05, 0) is 82.2 Å². The molecule has 1 aliphatic carbocycles. The van der Waals surface area contributed by atoms with Gasteiger partial charge in [0.1, 0.15) is 5.60 Å². The van der Waals surface area contributed by atoms with E-state index in [1.54, 1.807) is 19.9 Å². The molecule has 29 heavy (non-hydrogen) atoms. The van der Waals surface area contributed by atoms with Crippen molar-refractivity contribution in [1.82, 2.24) is 0 Å². The fraction of sp³-hybridized carbons (Fsp3) is 0.400. The highest BCUT2D eigenvalue weighted by Crippen LogP contribution is 2.43. The third-order valence-electron chi connectivity index (χ3n) is 5.59. The topological polar surface area (TPSA) is 26.3 Å². The first-order valence-corrected chi connectivity index (χ1v) is 10.7. The Balaban J connectivity index is 0.000000188. The van der Waals surface area contributed by atoms with Crippen LogP contribution in [0.25, 0.3) is 11.1 Å². The molecule has 0 bridgehead atoms. The number of ether oxygens (including phenoxy) is 1. The molecule has 0 N–H and O–H groups in total. The molecule has 0 aromatic heterocycles. The molecule has 154 valence electrons. The molecule has 4 rings (SSSR count). The summed E-state index contributed by atoms with van der Waals surface area (Å²) in [5.74, 6) is 0.808. The van der Waals surface area contributed by atoms with Gasteiger partial charge in [0.15, 0.2) is 5.78 Å². The molecular weight excluding hydrogens is 403 g/mol. The van der Waals surface area contributed by atoms with Crippen molar-refractivity contribution in [1.29, 1.82) is 0 Å². The lowest BCUT2D eigenvalue weighted by molar-refractivity contribution is -0.132. The Morgan fingerprint density at radius 1 is 1.00 bits per heavy atom. The average molecular weight is 431 g/mol. The van der Waals surface area contributed by atoms with Crippen molar-refractivity contribution in [3.8, 4) is 11.1 Å². The van der Waals surface area contributed by atoms with Crippen LogP contribution < -0.4 is 0 Å². The largest absolute Gasteiger partial charge is 0.357 e. The number of carbonyl (C=O) groups excluding carboxylic acids is 1. The van der Waals surface area contributed by atoms with Crippen molar-refractivity contribution < 1.29 is 9.53 Å². The Kier molecular flexibility index (Phi) is 6.02. The second-order valence-electron chi connectivity index (χ2n) is 8.90. The van der Waals surface area contributed by atoms with Gasteiger partial charge in [-0.15, -0.1) is 0 Å². The van der Waals surface area contributed by atoms with Crippen LogP contribution in [0.4, 0.5) is 0 Å². The Morgan fingerprint density at radius 2 is 1.66 bits per heavy atom. The molecule has 2 aliphatic rings. The summed E-state index contributed by atoms with van der Waals surface area (Å²) in [6.45, 7) is 13.2. The average Bonchev–Trinajstić information content (AvgIpc) is 3.42. The molecule has 0 spiro atoms. The number of carbonyl (C=O) groups is 1. The fourth-order valence-corrected chi connectivity index (χ4v) is 4.32. The second kappa shape index (κ2) is 7.91. The quantitative estimate of drug-likeness (QED) is 0.459. The highest BCUT2D eigenvalue weighted by molar-refractivity contribution is 6.36. The predicted molar refractivity (Wildman–Crippen MR) is 122 cm³/mol. The highest BCUT2D eigenvalue weighted by atomic mass is 35.5. The van der Waals surface area contributed by atoms with Gasteiger partial charge in [0.2, 0.25) is 0 Å². The number of ketones is 1. The molecule has 1 aliphatic heterocycles. The van der Waals surface area contributed by atoms with Crippen molar-refractivity contribution in [2.24, 2.45) is 0 Å². The number of benzene rings is 2. The summed E-state index contributed by atoms with van der Waals surface area (Å²) < 4.78 is 5.51. The molecule has 0 amide bonds. The standard InChI is InChI=1S/C16H14Cl2.C9H14O2/c1-10-8-12(4-6-14(10)11-2-3-11)15-7-5-13(17)9-16(15)18;1-6-7(10)9(4,5)11-8(6,2)3/h4-9,11H,2-3H2,1H3;1H2,2-5H3. The minimum absolute atomic E-state index is 0.0162. The monoisotopic (exact) mass is 430 g/mol. The van der Waals surface area contributed by atoms with E-state index < -0.39 is 11.2 Å². The summed E-state index contributed by atoms with van der Waals surface area (Å²) in [6, 6.07) is 12.3. The maximum Gasteiger partial charge on any atom is 0.192 e. The van der Waals surface area contributed by atoms with Gasteiger partial charge >= 0.3 is 0 Å². The van der Waals surface area contributed by atoms with Gasteiger partial charge in [-0.25, -0.2) is 0 Å². The zero-order chi connectivity index (χ0) is 21.6. The number of aryl methyl sites for hydroxylation is 1. The van der Waals surface area contributed by atoms with Crippen LogP contribution in [0.5, 0.6) is 0 Å². The van der Waals surface area contributed by atoms with Crippen molar-refractivity contribution >= 4 is 29.0 Å². The van der Waals surface area contributed by atoms with Crippen LogP contribution >= 0.6 is 23.2 Å². The summed E-state index contributed by atoms with van der Waals surface area (Å²) in [7, 11) is 0. The third-order valence-corrected chi connectivity index (χ3v) is 6.13. The summed E-state index contributed by atoms with van der Waals surface area (Å²) in [5.41, 5.74) is 4.47. The second-order valence-corrected chi connectivity index (χ2v) is 9.74. The first-order chi connectivity index (χ1) is 13.4. The van der Waals surface area contributed by atoms with Gasteiger partial charge in [-0.3, -0.25) is 4.79 Å². The van der Waals surface area contributed by atoms with Crippen LogP contribution in [0, 0.1) is 6.92 Å². The first kappa shape index (κ1) is 22.1. The smallest absolute Gasteiger partial charge is 0.192 e. The van der Waals surface area contributed by atoms with Crippen molar-refractivity contribution in [2.45, 2.75) is 64.6 Å². The van der Waals surface area contributed by atoms with Gasteiger partial charge in [0, 0.05) is 21.2 Å². The van der Waals surface area contributed by atoms with E-state index in [9.17, 15) is 4.79 Å². The first-order valence-electron chi connectivity index (χ1n) is 9.93. The normalized spacial score (nSPS) is 19.7. The molecule has 0 unspecified atom stereocenters. The van der Waals surface area contributed by atoms with E-state index in [4.69, 9.17) is 27.9 Å². The van der Waals surface area contributed by atoms with Crippen LogP contribution in [0.15, 0.2) is 48.6 Å². The van der Waals surface area contributed by atoms with Crippen molar-refractivity contribution in [2.75, 3.05) is 0 Å². The van der Waals surface area contributed by atoms with Crippen LogP contribution in [0.1, 0.15) is 57.6 Å². The van der Waals surface area contributed by atoms with Gasteiger partial charge in [0.25, 0.3) is 0 Å². The molecular formula is C25H28Cl2O2. The SMILES string of the molecule is C=C1C(=O)C(C)(C)OC1(C)C.Cc1cc(-c2ccc(Cl)cc2Cl)ccc1C1CC1. The molecule has 1 heterocycles. The van der Waals surface area contributed by atoms with E-state index >= 15 is 0 Å². The minimum atomic E-state index is -0.680. The molecule has 2 nitrogen and oxygen atoms in total. The van der Waals surface area contributed by atoms with E-state index in [1.165, 1.54) is 29.5 Å². The lowest BCUT2D eigenvalue weighted by Gasteiger charge is -2.21. The van der Waals surface area contributed by atoms with E-state index in [2.05, 4.69) is 31.7 Å². The van der Waals surface area contributed by atoms with E-state index in [0.29, 0.717) is 15.6 Å². The van der Waals surface area contributed by atoms with Crippen molar-refractivity contribution in [3.63, 3.8) is 0 Å². The molecule has 2 aromatic carbocycles. The molecule has 0 radical (unpaired) electrons. The lowest BCUT2D eigenvalue weighted by atomic mass is 9.94. The number of hydrogen-bond acceptors (Lipinski definition) is 2. The molecule has 4 heteroatoms. The zero-order valence-electron chi connectivity index (χ0n) is 17.7. The minimum Gasteiger partial charge on any atom is -0.357 e. The van der Waals surface area contributed by atoms with Gasteiger partial charge in [-0.1, -0.05) is 54.0 Å². The summed E-state index contributed by atoms with van der Waals surface area (Å²) in [5, 5.41) is 1.39. The van der Waals surface area contributed by atoms with Crippen LogP contribution in [0.2, 0.25) is 10.0 Å². The van der Waals surface area contributed by atoms with E-state index in [-0.39, 0.29) is 5.78 Å². The van der Waals surface area contributed by atoms with E-state index in [1.807, 2.05) is 26.0 Å². The van der Waals surface area contributed by atoms with Gasteiger partial charge in [0.05, 0.1) is 5.60 Å². The number of halogens is 2. The number of rotatable bonds is 2. The molecule has 1 saturated carbocycles. The summed E-state index contributed by atoms with van der Waals surface area (Å²) in [6.07, 6.45) is 2.67. The number of hydrogen-bond donors (Lipinski definition) is 0. The van der Waals surface area contributed by atoms with Crippen LogP contribution in [-0.2, 0) is 9.53 Å². The fourth-order valence-electron chi connectivity index (χ4n) is 3.80. The van der Waals surface area contributed by atoms with Gasteiger partial charge in [-0.2, -0.15) is 0 Å². The summed E-state index contributed by atoms with van der Waals surface area (Å²) >= 11 is 12.2. The molecule has 2 fully saturated rings. The lowest BCUT2D eigenvalue weighted by Crippen LogP contribution is -2.29. The molecule has 1 saturated heterocycles. The van der Waals surface area contributed by atoms with Crippen LogP contribution in [0.3, 0.4) is 0 Å². The number of Topliss-reactive ketones (excluding diaryl/α,β-unsaturated/α-hetero) is 1. The predicted octanol–water partition coefficient (Wildman–Crippen LogP) is 7.55. The Bertz CT molecular complexity index is 945. The van der Waals surface area contributed by atoms with Gasteiger partial charge < -0.3 is 4.74 Å².